The Kier molecular flexibility index (Phi) is 6.43. The van der Waals surface area contributed by atoms with Crippen molar-refractivity contribution in [3.05, 3.63) is 17.1 Å². The molecule has 0 spiro atoms. The van der Waals surface area contributed by atoms with Gasteiger partial charge in [0.15, 0.2) is 4.73 Å². The first-order valence-corrected chi connectivity index (χ1v) is 9.20. The zero-order valence-electron chi connectivity index (χ0n) is 14.9. The molecule has 1 amide bonds. The summed E-state index contributed by atoms with van der Waals surface area (Å²) in [6, 6.07) is 0.220. The summed E-state index contributed by atoms with van der Waals surface area (Å²) < 4.78 is 5.93. The molecule has 0 bridgehead atoms. The van der Waals surface area contributed by atoms with Crippen LogP contribution in [-0.2, 0) is 4.74 Å². The zero-order chi connectivity index (χ0) is 17.7. The van der Waals surface area contributed by atoms with E-state index in [-0.39, 0.29) is 12.1 Å². The first kappa shape index (κ1) is 19.0. The van der Waals surface area contributed by atoms with E-state index in [0.717, 1.165) is 37.9 Å². The van der Waals surface area contributed by atoms with Crippen molar-refractivity contribution in [1.82, 2.24) is 15.3 Å². The SMILES string of the molecule is CN(CC1CCC(NC(=O)OC(C)(C)C)CC1)c1cnc(Br)nc1. The van der Waals surface area contributed by atoms with E-state index >= 15 is 0 Å². The van der Waals surface area contributed by atoms with Crippen molar-refractivity contribution in [2.45, 2.75) is 58.1 Å². The maximum absolute atomic E-state index is 11.8. The summed E-state index contributed by atoms with van der Waals surface area (Å²) in [7, 11) is 2.07. The Hall–Kier alpha value is -1.37. The molecule has 1 aliphatic carbocycles. The maximum atomic E-state index is 11.8. The molecule has 0 unspecified atom stereocenters. The van der Waals surface area contributed by atoms with Crippen molar-refractivity contribution in [2.24, 2.45) is 5.92 Å². The number of ether oxygens (including phenoxy) is 1. The summed E-state index contributed by atoms with van der Waals surface area (Å²) in [5.41, 5.74) is 0.573. The van der Waals surface area contributed by atoms with Crippen LogP contribution in [0.2, 0.25) is 0 Å². The minimum absolute atomic E-state index is 0.220. The van der Waals surface area contributed by atoms with Gasteiger partial charge < -0.3 is 15.0 Å². The molecule has 1 heterocycles. The van der Waals surface area contributed by atoms with Crippen LogP contribution in [0.4, 0.5) is 10.5 Å². The summed E-state index contributed by atoms with van der Waals surface area (Å²) in [5, 5.41) is 2.99. The zero-order valence-corrected chi connectivity index (χ0v) is 16.5. The minimum Gasteiger partial charge on any atom is -0.444 e. The minimum atomic E-state index is -0.448. The van der Waals surface area contributed by atoms with E-state index < -0.39 is 5.60 Å². The maximum Gasteiger partial charge on any atom is 0.407 e. The molecule has 0 atom stereocenters. The summed E-state index contributed by atoms with van der Waals surface area (Å²) in [5.74, 6) is 0.621. The van der Waals surface area contributed by atoms with Crippen LogP contribution in [0.5, 0.6) is 0 Å². The van der Waals surface area contributed by atoms with Crippen molar-refractivity contribution in [3.8, 4) is 0 Å². The molecule has 134 valence electrons. The van der Waals surface area contributed by atoms with E-state index in [1.165, 1.54) is 0 Å². The molecule has 1 saturated carbocycles. The summed E-state index contributed by atoms with van der Waals surface area (Å²) in [6.07, 6.45) is 7.53. The Morgan fingerprint density at radius 3 is 2.42 bits per heavy atom. The van der Waals surface area contributed by atoms with E-state index in [1.807, 2.05) is 33.2 Å². The first-order chi connectivity index (χ1) is 11.2. The molecule has 6 nitrogen and oxygen atoms in total. The van der Waals surface area contributed by atoms with Crippen LogP contribution in [-0.4, -0.2) is 41.3 Å². The number of hydrogen-bond acceptors (Lipinski definition) is 5. The number of nitrogens with zero attached hydrogens (tertiary/aromatic N) is 3. The molecule has 0 aromatic carbocycles. The highest BCUT2D eigenvalue weighted by atomic mass is 79.9. The second-order valence-electron chi connectivity index (χ2n) is 7.45. The molecule has 1 aromatic heterocycles. The lowest BCUT2D eigenvalue weighted by molar-refractivity contribution is 0.0488. The highest BCUT2D eigenvalue weighted by Gasteiger charge is 2.25. The molecule has 2 rings (SSSR count). The standard InChI is InChI=1S/C17H27BrN4O2/c1-17(2,3)24-16(23)21-13-7-5-12(6-8-13)11-22(4)14-9-19-15(18)20-10-14/h9-10,12-13H,5-8,11H2,1-4H3,(H,21,23). The third kappa shape index (κ3) is 6.26. The molecule has 7 heteroatoms. The van der Waals surface area contributed by atoms with Gasteiger partial charge in [-0.25, -0.2) is 14.8 Å². The predicted molar refractivity (Wildman–Crippen MR) is 98.1 cm³/mol. The van der Waals surface area contributed by atoms with Crippen molar-refractivity contribution < 1.29 is 9.53 Å². The van der Waals surface area contributed by atoms with Gasteiger partial charge in [0.25, 0.3) is 0 Å². The van der Waals surface area contributed by atoms with Crippen LogP contribution in [0.25, 0.3) is 0 Å². The molecule has 1 aromatic rings. The number of amides is 1. The van der Waals surface area contributed by atoms with Crippen molar-refractivity contribution in [3.63, 3.8) is 0 Å². The topological polar surface area (TPSA) is 67.4 Å². The van der Waals surface area contributed by atoms with E-state index in [1.54, 1.807) is 0 Å². The third-order valence-corrected chi connectivity index (χ3v) is 4.56. The van der Waals surface area contributed by atoms with E-state index in [0.29, 0.717) is 10.7 Å². The predicted octanol–water partition coefficient (Wildman–Crippen LogP) is 3.76. The molecule has 24 heavy (non-hydrogen) atoms. The lowest BCUT2D eigenvalue weighted by atomic mass is 9.86. The van der Waals surface area contributed by atoms with Crippen molar-refractivity contribution in [1.29, 1.82) is 0 Å². The van der Waals surface area contributed by atoms with Gasteiger partial charge in [0.05, 0.1) is 18.1 Å². The average Bonchev–Trinajstić information content (AvgIpc) is 2.48. The first-order valence-electron chi connectivity index (χ1n) is 8.41. The quantitative estimate of drug-likeness (QED) is 0.781. The van der Waals surface area contributed by atoms with Gasteiger partial charge in [0, 0.05) is 19.6 Å². The fourth-order valence-electron chi connectivity index (χ4n) is 2.96. The normalized spacial score (nSPS) is 21.2. The number of nitrogens with one attached hydrogen (secondary N) is 1. The number of carbonyl (C=O) groups excluding carboxylic acids is 1. The Balaban J connectivity index is 1.74. The molecular weight excluding hydrogens is 372 g/mol. The fourth-order valence-corrected chi connectivity index (χ4v) is 3.16. The highest BCUT2D eigenvalue weighted by Crippen LogP contribution is 2.26. The molecule has 1 fully saturated rings. The number of carbonyl (C=O) groups is 1. The molecular formula is C17H27BrN4O2. The number of halogens is 1. The van der Waals surface area contributed by atoms with Gasteiger partial charge in [0.1, 0.15) is 5.60 Å². The van der Waals surface area contributed by atoms with Gasteiger partial charge in [-0.3, -0.25) is 0 Å². The summed E-state index contributed by atoms with van der Waals surface area (Å²) in [4.78, 5) is 22.4. The summed E-state index contributed by atoms with van der Waals surface area (Å²) >= 11 is 3.25. The average molecular weight is 399 g/mol. The van der Waals surface area contributed by atoms with Crippen LogP contribution in [0.3, 0.4) is 0 Å². The second-order valence-corrected chi connectivity index (χ2v) is 8.16. The van der Waals surface area contributed by atoms with E-state index in [4.69, 9.17) is 4.74 Å². The second kappa shape index (κ2) is 8.14. The van der Waals surface area contributed by atoms with Crippen LogP contribution in [0.1, 0.15) is 46.5 Å². The van der Waals surface area contributed by atoms with Crippen LogP contribution in [0.15, 0.2) is 17.1 Å². The van der Waals surface area contributed by atoms with Crippen molar-refractivity contribution in [2.75, 3.05) is 18.5 Å². The highest BCUT2D eigenvalue weighted by molar-refractivity contribution is 9.10. The smallest absolute Gasteiger partial charge is 0.407 e. The number of anilines is 1. The summed E-state index contributed by atoms with van der Waals surface area (Å²) in [6.45, 7) is 6.62. The Morgan fingerprint density at radius 2 is 1.88 bits per heavy atom. The molecule has 0 aliphatic heterocycles. The van der Waals surface area contributed by atoms with Gasteiger partial charge in [0.2, 0.25) is 0 Å². The number of rotatable bonds is 4. The Labute approximate surface area is 152 Å². The van der Waals surface area contributed by atoms with Gasteiger partial charge >= 0.3 is 6.09 Å². The van der Waals surface area contributed by atoms with Crippen LogP contribution >= 0.6 is 15.9 Å². The Morgan fingerprint density at radius 1 is 1.29 bits per heavy atom. The van der Waals surface area contributed by atoms with Gasteiger partial charge in [-0.2, -0.15) is 0 Å². The Bertz CT molecular complexity index is 537. The molecule has 0 saturated heterocycles. The lowest BCUT2D eigenvalue weighted by Gasteiger charge is -2.32. The molecule has 1 aliphatic rings. The van der Waals surface area contributed by atoms with E-state index in [9.17, 15) is 4.79 Å². The number of hydrogen-bond donors (Lipinski definition) is 1. The molecule has 0 radical (unpaired) electrons. The third-order valence-electron chi connectivity index (χ3n) is 4.15. The monoisotopic (exact) mass is 398 g/mol. The van der Waals surface area contributed by atoms with Gasteiger partial charge in [-0.05, 0) is 68.3 Å². The number of alkyl carbamates (subject to hydrolysis) is 1. The van der Waals surface area contributed by atoms with Crippen LogP contribution in [0, 0.1) is 5.92 Å². The van der Waals surface area contributed by atoms with E-state index in [2.05, 4.69) is 43.2 Å². The largest absolute Gasteiger partial charge is 0.444 e. The molecule has 1 N–H and O–H groups in total. The lowest BCUT2D eigenvalue weighted by Crippen LogP contribution is -2.41. The fraction of sp³-hybridized carbons (Fsp3) is 0.706. The number of aromatic nitrogens is 2. The van der Waals surface area contributed by atoms with Gasteiger partial charge in [-0.1, -0.05) is 0 Å². The van der Waals surface area contributed by atoms with Crippen molar-refractivity contribution >= 4 is 27.7 Å². The van der Waals surface area contributed by atoms with Gasteiger partial charge in [-0.15, -0.1) is 0 Å². The van der Waals surface area contributed by atoms with Crippen LogP contribution < -0.4 is 10.2 Å².